The van der Waals surface area contributed by atoms with Crippen molar-refractivity contribution in [1.82, 2.24) is 0 Å². The first-order chi connectivity index (χ1) is 2.77. The lowest BCUT2D eigenvalue weighted by molar-refractivity contribution is 0.245. The standard InChI is InChI=1S/C3H6O2S/c1-3(4)2-6-5/h3-4H,1-2H2/q+1. The van der Waals surface area contributed by atoms with Crippen molar-refractivity contribution in [3.63, 3.8) is 0 Å². The van der Waals surface area contributed by atoms with E-state index in [2.05, 4.69) is 6.92 Å². The van der Waals surface area contributed by atoms with Gasteiger partial charge in [0, 0.05) is 4.21 Å². The van der Waals surface area contributed by atoms with Gasteiger partial charge < -0.3 is 5.11 Å². The Morgan fingerprint density at radius 3 is 2.50 bits per heavy atom. The molecule has 0 bridgehead atoms. The second kappa shape index (κ2) is 3.18. The fourth-order valence-electron chi connectivity index (χ4n) is 0.0785. The van der Waals surface area contributed by atoms with Gasteiger partial charge in [-0.2, -0.15) is 0 Å². The van der Waals surface area contributed by atoms with Gasteiger partial charge in [0.2, 0.25) is 0 Å². The summed E-state index contributed by atoms with van der Waals surface area (Å²) >= 11 is 0.347. The van der Waals surface area contributed by atoms with Crippen molar-refractivity contribution in [2.75, 3.05) is 5.75 Å². The predicted molar refractivity (Wildman–Crippen MR) is 24.3 cm³/mol. The third-order valence-electron chi connectivity index (χ3n) is 0.260. The van der Waals surface area contributed by atoms with Crippen molar-refractivity contribution in [1.29, 1.82) is 0 Å². The molecule has 1 N–H and O–H groups in total. The first-order valence-electron chi connectivity index (χ1n) is 1.53. The molecule has 0 aliphatic heterocycles. The second-order valence-corrected chi connectivity index (χ2v) is 1.51. The van der Waals surface area contributed by atoms with E-state index in [0.717, 1.165) is 0 Å². The summed E-state index contributed by atoms with van der Waals surface area (Å²) < 4.78 is 9.46. The Balaban J connectivity index is 2.81. The summed E-state index contributed by atoms with van der Waals surface area (Å²) in [6.07, 6.45) is -0.701. The molecule has 0 saturated carbocycles. The van der Waals surface area contributed by atoms with Gasteiger partial charge >= 0.3 is 11.7 Å². The molecule has 0 amide bonds. The molecule has 1 radical (unpaired) electrons. The SMILES string of the molecule is [CH2]C(O)C[S+]=O. The van der Waals surface area contributed by atoms with E-state index in [1.165, 1.54) is 0 Å². The lowest BCUT2D eigenvalue weighted by Crippen LogP contribution is -2.04. The molecule has 35 valence electrons. The molecule has 6 heavy (non-hydrogen) atoms. The summed E-state index contributed by atoms with van der Waals surface area (Å²) in [7, 11) is 0. The first-order valence-corrected chi connectivity index (χ1v) is 2.44. The van der Waals surface area contributed by atoms with Gasteiger partial charge in [0.25, 0.3) is 5.75 Å². The Morgan fingerprint density at radius 1 is 2.00 bits per heavy atom. The molecule has 0 aliphatic rings. The molecule has 0 aliphatic carbocycles. The van der Waals surface area contributed by atoms with E-state index in [1.807, 2.05) is 0 Å². The largest absolute Gasteiger partial charge is 0.461 e. The molecular weight excluding hydrogens is 100 g/mol. The van der Waals surface area contributed by atoms with Gasteiger partial charge in [-0.25, -0.2) is 0 Å². The molecule has 2 nitrogen and oxygen atoms in total. The number of aliphatic hydroxyl groups is 1. The summed E-state index contributed by atoms with van der Waals surface area (Å²) in [5.41, 5.74) is 0. The van der Waals surface area contributed by atoms with Crippen LogP contribution in [0.15, 0.2) is 0 Å². The van der Waals surface area contributed by atoms with Gasteiger partial charge in [-0.15, -0.1) is 0 Å². The highest BCUT2D eigenvalue weighted by molar-refractivity contribution is 7.65. The zero-order valence-corrected chi connectivity index (χ0v) is 4.07. The molecule has 1 unspecified atom stereocenters. The van der Waals surface area contributed by atoms with Gasteiger partial charge in [0.1, 0.15) is 6.10 Å². The average molecular weight is 106 g/mol. The van der Waals surface area contributed by atoms with Crippen molar-refractivity contribution in [3.05, 3.63) is 6.92 Å². The van der Waals surface area contributed by atoms with Crippen molar-refractivity contribution < 1.29 is 9.32 Å². The Kier molecular flexibility index (Phi) is 3.17. The molecule has 0 aromatic rings. The van der Waals surface area contributed by atoms with Crippen LogP contribution < -0.4 is 0 Å². The Morgan fingerprint density at radius 2 is 2.50 bits per heavy atom. The minimum absolute atomic E-state index is 0.181. The maximum Gasteiger partial charge on any atom is 0.461 e. The minimum Gasteiger partial charge on any atom is -0.387 e. The molecule has 0 heterocycles. The van der Waals surface area contributed by atoms with Crippen LogP contribution in [0.25, 0.3) is 0 Å². The molecule has 3 heteroatoms. The quantitative estimate of drug-likeness (QED) is 0.487. The van der Waals surface area contributed by atoms with Gasteiger partial charge in [-0.1, -0.05) is 0 Å². The summed E-state index contributed by atoms with van der Waals surface area (Å²) in [5.74, 6) is 0.181. The van der Waals surface area contributed by atoms with Crippen molar-refractivity contribution in [2.45, 2.75) is 6.10 Å². The molecule has 0 rings (SSSR count). The van der Waals surface area contributed by atoms with Gasteiger partial charge in [0.15, 0.2) is 0 Å². The van der Waals surface area contributed by atoms with E-state index in [9.17, 15) is 4.21 Å². The van der Waals surface area contributed by atoms with Crippen LogP contribution in [0.1, 0.15) is 0 Å². The van der Waals surface area contributed by atoms with Crippen molar-refractivity contribution in [3.8, 4) is 0 Å². The Labute approximate surface area is 40.7 Å². The third kappa shape index (κ3) is 3.98. The Bertz CT molecular complexity index is 44.1. The van der Waals surface area contributed by atoms with E-state index < -0.39 is 6.10 Å². The number of hydrogen-bond acceptors (Lipinski definition) is 2. The minimum atomic E-state index is -0.701. The van der Waals surface area contributed by atoms with E-state index in [1.54, 1.807) is 0 Å². The number of rotatable bonds is 2. The monoisotopic (exact) mass is 106 g/mol. The maximum absolute atomic E-state index is 9.46. The smallest absolute Gasteiger partial charge is 0.387 e. The molecule has 0 aromatic heterocycles. The topological polar surface area (TPSA) is 37.3 Å². The van der Waals surface area contributed by atoms with Crippen LogP contribution in [-0.2, 0) is 15.9 Å². The molecular formula is C3H6O2S+. The molecule has 1 atom stereocenters. The summed E-state index contributed by atoms with van der Waals surface area (Å²) in [6, 6.07) is 0. The number of hydrogen-bond donors (Lipinski definition) is 1. The average Bonchev–Trinajstić information content (AvgIpc) is 1.35. The van der Waals surface area contributed by atoms with E-state index in [4.69, 9.17) is 5.11 Å². The van der Waals surface area contributed by atoms with Gasteiger partial charge in [0.05, 0.1) is 0 Å². The van der Waals surface area contributed by atoms with Gasteiger partial charge in [-0.05, 0) is 6.92 Å². The highest BCUT2D eigenvalue weighted by Gasteiger charge is 2.02. The number of aliphatic hydroxyl groups excluding tert-OH is 1. The second-order valence-electron chi connectivity index (χ2n) is 0.938. The molecule has 0 saturated heterocycles. The summed E-state index contributed by atoms with van der Waals surface area (Å²) in [5, 5.41) is 8.22. The van der Waals surface area contributed by atoms with Crippen LogP contribution >= 0.6 is 0 Å². The fraction of sp³-hybridized carbons (Fsp3) is 0.667. The van der Waals surface area contributed by atoms with Crippen molar-refractivity contribution in [2.24, 2.45) is 0 Å². The third-order valence-corrected chi connectivity index (χ3v) is 0.781. The Hall–Kier alpha value is -0.0200. The van der Waals surface area contributed by atoms with Crippen molar-refractivity contribution >= 4 is 11.7 Å². The van der Waals surface area contributed by atoms with Crippen LogP contribution in [0.4, 0.5) is 0 Å². The molecule has 0 spiro atoms. The highest BCUT2D eigenvalue weighted by atomic mass is 32.1. The normalized spacial score (nSPS) is 13.7. The zero-order chi connectivity index (χ0) is 4.99. The van der Waals surface area contributed by atoms with Crippen LogP contribution in [0.5, 0.6) is 0 Å². The van der Waals surface area contributed by atoms with Crippen LogP contribution in [0.2, 0.25) is 0 Å². The molecule has 0 aromatic carbocycles. The van der Waals surface area contributed by atoms with Gasteiger partial charge in [-0.3, -0.25) is 0 Å². The van der Waals surface area contributed by atoms with E-state index in [0.29, 0.717) is 11.7 Å². The maximum atomic E-state index is 9.46. The molecule has 0 fully saturated rings. The van der Waals surface area contributed by atoms with Crippen LogP contribution in [0.3, 0.4) is 0 Å². The first kappa shape index (κ1) is 5.98. The van der Waals surface area contributed by atoms with E-state index in [-0.39, 0.29) is 5.75 Å². The highest BCUT2D eigenvalue weighted by Crippen LogP contribution is 1.72. The lowest BCUT2D eigenvalue weighted by atomic mass is 10.5. The van der Waals surface area contributed by atoms with E-state index >= 15 is 0 Å². The summed E-state index contributed by atoms with van der Waals surface area (Å²) in [4.78, 5) is 0. The van der Waals surface area contributed by atoms with Crippen LogP contribution in [-0.4, -0.2) is 17.0 Å². The predicted octanol–water partition coefficient (Wildman–Crippen LogP) is -0.391. The van der Waals surface area contributed by atoms with Crippen LogP contribution in [0, 0.1) is 6.92 Å². The lowest BCUT2D eigenvalue weighted by Gasteiger charge is -1.80. The summed E-state index contributed by atoms with van der Waals surface area (Å²) in [6.45, 7) is 3.16. The fourth-order valence-corrected chi connectivity index (χ4v) is 0.236. The zero-order valence-electron chi connectivity index (χ0n) is 3.26.